The predicted molar refractivity (Wildman–Crippen MR) is 74.3 cm³/mol. The van der Waals surface area contributed by atoms with Gasteiger partial charge in [0.05, 0.1) is 12.6 Å². The molecular weight excluding hydrogens is 270 g/mol. The number of hydrogen-bond acceptors (Lipinski definition) is 7. The maximum Gasteiger partial charge on any atom is 0.226 e. The molecule has 0 aliphatic carbocycles. The van der Waals surface area contributed by atoms with E-state index in [9.17, 15) is 0 Å². The van der Waals surface area contributed by atoms with Crippen molar-refractivity contribution in [2.24, 2.45) is 0 Å². The molecule has 3 heterocycles. The highest BCUT2D eigenvalue weighted by Crippen LogP contribution is 2.31. The largest absolute Gasteiger partial charge is 0.340 e. The third-order valence-electron chi connectivity index (χ3n) is 3.80. The van der Waals surface area contributed by atoms with Gasteiger partial charge in [0.1, 0.15) is 0 Å². The van der Waals surface area contributed by atoms with Gasteiger partial charge in [0, 0.05) is 13.3 Å². The fraction of sp³-hybridized carbons (Fsp3) is 0.714. The lowest BCUT2D eigenvalue weighted by Gasteiger charge is -2.19. The molecule has 21 heavy (non-hydrogen) atoms. The van der Waals surface area contributed by atoms with Gasteiger partial charge >= 0.3 is 0 Å². The summed E-state index contributed by atoms with van der Waals surface area (Å²) in [5.74, 6) is 2.85. The van der Waals surface area contributed by atoms with Crippen LogP contribution in [0.15, 0.2) is 9.05 Å². The first-order chi connectivity index (χ1) is 10.3. The van der Waals surface area contributed by atoms with Crippen LogP contribution >= 0.6 is 0 Å². The van der Waals surface area contributed by atoms with Crippen LogP contribution in [0.2, 0.25) is 0 Å². The third kappa shape index (κ3) is 3.29. The third-order valence-corrected chi connectivity index (χ3v) is 3.80. The van der Waals surface area contributed by atoms with Crippen molar-refractivity contribution in [1.82, 2.24) is 25.2 Å². The predicted octanol–water partition coefficient (Wildman–Crippen LogP) is 2.44. The van der Waals surface area contributed by atoms with Crippen molar-refractivity contribution in [3.05, 3.63) is 23.4 Å². The molecule has 114 valence electrons. The van der Waals surface area contributed by atoms with E-state index in [2.05, 4.69) is 32.1 Å². The molecule has 7 nitrogen and oxygen atoms in total. The molecule has 0 radical (unpaired) electrons. The molecule has 1 aliphatic rings. The first-order valence-electron chi connectivity index (χ1n) is 7.62. The lowest BCUT2D eigenvalue weighted by Crippen LogP contribution is -2.24. The first kappa shape index (κ1) is 14.2. The smallest absolute Gasteiger partial charge is 0.226 e. The van der Waals surface area contributed by atoms with E-state index in [0.29, 0.717) is 12.4 Å². The SMILES string of the molecule is CCCCc1nc(CN2CCCC2c2noc(C)n2)no1. The molecule has 0 bridgehead atoms. The Morgan fingerprint density at radius 2 is 2.14 bits per heavy atom. The molecule has 0 N–H and O–H groups in total. The second-order valence-corrected chi connectivity index (χ2v) is 5.51. The zero-order valence-electron chi connectivity index (χ0n) is 12.6. The topological polar surface area (TPSA) is 81.1 Å². The van der Waals surface area contributed by atoms with Gasteiger partial charge in [-0.25, -0.2) is 0 Å². The summed E-state index contributed by atoms with van der Waals surface area (Å²) in [5, 5.41) is 8.12. The standard InChI is InChI=1S/C14H21N5O2/c1-3-4-7-13-16-12(17-21-13)9-19-8-5-6-11(19)14-15-10(2)20-18-14/h11H,3-9H2,1-2H3. The van der Waals surface area contributed by atoms with E-state index >= 15 is 0 Å². The maximum absolute atomic E-state index is 5.28. The maximum atomic E-state index is 5.28. The Morgan fingerprint density at radius 3 is 2.90 bits per heavy atom. The Balaban J connectivity index is 1.64. The summed E-state index contributed by atoms with van der Waals surface area (Å²) in [7, 11) is 0. The summed E-state index contributed by atoms with van der Waals surface area (Å²) in [6, 6.07) is 0.194. The van der Waals surface area contributed by atoms with Gasteiger partial charge in [-0.2, -0.15) is 9.97 Å². The van der Waals surface area contributed by atoms with Crippen molar-refractivity contribution in [3.63, 3.8) is 0 Å². The molecule has 0 amide bonds. The molecule has 0 saturated carbocycles. The molecule has 1 aliphatic heterocycles. The normalized spacial score (nSPS) is 19.4. The lowest BCUT2D eigenvalue weighted by atomic mass is 10.2. The van der Waals surface area contributed by atoms with Gasteiger partial charge in [-0.3, -0.25) is 4.90 Å². The van der Waals surface area contributed by atoms with Crippen molar-refractivity contribution >= 4 is 0 Å². The zero-order chi connectivity index (χ0) is 14.7. The fourth-order valence-electron chi connectivity index (χ4n) is 2.72. The number of hydrogen-bond donors (Lipinski definition) is 0. The molecule has 1 atom stereocenters. The Hall–Kier alpha value is -1.76. The van der Waals surface area contributed by atoms with Crippen LogP contribution < -0.4 is 0 Å². The van der Waals surface area contributed by atoms with E-state index in [0.717, 1.165) is 56.2 Å². The summed E-state index contributed by atoms with van der Waals surface area (Å²) < 4.78 is 10.4. The Labute approximate surface area is 123 Å². The zero-order valence-corrected chi connectivity index (χ0v) is 12.6. The van der Waals surface area contributed by atoms with Crippen molar-refractivity contribution in [3.8, 4) is 0 Å². The van der Waals surface area contributed by atoms with Gasteiger partial charge in [-0.05, 0) is 25.8 Å². The average Bonchev–Trinajstić information content (AvgIpc) is 3.18. The molecule has 1 unspecified atom stereocenters. The van der Waals surface area contributed by atoms with Gasteiger partial charge < -0.3 is 9.05 Å². The number of nitrogens with zero attached hydrogens (tertiary/aromatic N) is 5. The highest BCUT2D eigenvalue weighted by molar-refractivity contribution is 4.99. The molecule has 2 aromatic rings. The highest BCUT2D eigenvalue weighted by atomic mass is 16.5. The molecule has 0 spiro atoms. The molecule has 3 rings (SSSR count). The second kappa shape index (κ2) is 6.34. The fourth-order valence-corrected chi connectivity index (χ4v) is 2.72. The average molecular weight is 291 g/mol. The number of aryl methyl sites for hydroxylation is 2. The van der Waals surface area contributed by atoms with Crippen LogP contribution in [0.5, 0.6) is 0 Å². The van der Waals surface area contributed by atoms with E-state index in [4.69, 9.17) is 9.05 Å². The second-order valence-electron chi connectivity index (χ2n) is 5.51. The Bertz CT molecular complexity index is 579. The van der Waals surface area contributed by atoms with Crippen LogP contribution in [-0.4, -0.2) is 31.7 Å². The van der Waals surface area contributed by atoms with Gasteiger partial charge in [0.15, 0.2) is 11.6 Å². The van der Waals surface area contributed by atoms with Crippen LogP contribution in [0, 0.1) is 6.92 Å². The van der Waals surface area contributed by atoms with Crippen molar-refractivity contribution in [2.75, 3.05) is 6.54 Å². The van der Waals surface area contributed by atoms with Crippen LogP contribution in [-0.2, 0) is 13.0 Å². The molecule has 1 saturated heterocycles. The minimum Gasteiger partial charge on any atom is -0.340 e. The molecule has 1 fully saturated rings. The van der Waals surface area contributed by atoms with Crippen molar-refractivity contribution in [1.29, 1.82) is 0 Å². The monoisotopic (exact) mass is 291 g/mol. The van der Waals surface area contributed by atoms with E-state index < -0.39 is 0 Å². The summed E-state index contributed by atoms with van der Waals surface area (Å²) in [4.78, 5) is 11.1. The summed E-state index contributed by atoms with van der Waals surface area (Å²) in [6.45, 7) is 5.64. The van der Waals surface area contributed by atoms with Crippen LogP contribution in [0.25, 0.3) is 0 Å². The van der Waals surface area contributed by atoms with Crippen molar-refractivity contribution in [2.45, 2.75) is 58.5 Å². The minimum atomic E-state index is 0.194. The number of rotatable bonds is 6. The van der Waals surface area contributed by atoms with E-state index in [1.54, 1.807) is 0 Å². The van der Waals surface area contributed by atoms with E-state index in [1.165, 1.54) is 0 Å². The number of unbranched alkanes of at least 4 members (excludes halogenated alkanes) is 1. The minimum absolute atomic E-state index is 0.194. The van der Waals surface area contributed by atoms with E-state index in [-0.39, 0.29) is 6.04 Å². The van der Waals surface area contributed by atoms with Gasteiger partial charge in [-0.1, -0.05) is 23.7 Å². The van der Waals surface area contributed by atoms with Crippen molar-refractivity contribution < 1.29 is 9.05 Å². The van der Waals surface area contributed by atoms with Gasteiger partial charge in [0.25, 0.3) is 0 Å². The van der Waals surface area contributed by atoms with E-state index in [1.807, 2.05) is 6.92 Å². The summed E-state index contributed by atoms with van der Waals surface area (Å²) in [5.41, 5.74) is 0. The number of aromatic nitrogens is 4. The van der Waals surface area contributed by atoms with Gasteiger partial charge in [-0.15, -0.1) is 0 Å². The Morgan fingerprint density at radius 1 is 1.24 bits per heavy atom. The lowest BCUT2D eigenvalue weighted by molar-refractivity contribution is 0.225. The summed E-state index contributed by atoms with van der Waals surface area (Å²) in [6.07, 6.45) is 5.23. The highest BCUT2D eigenvalue weighted by Gasteiger charge is 2.30. The first-order valence-corrected chi connectivity index (χ1v) is 7.62. The molecular formula is C14H21N5O2. The van der Waals surface area contributed by atoms with Crippen LogP contribution in [0.1, 0.15) is 62.1 Å². The molecule has 0 aromatic carbocycles. The van der Waals surface area contributed by atoms with Crippen LogP contribution in [0.3, 0.4) is 0 Å². The summed E-state index contributed by atoms with van der Waals surface area (Å²) >= 11 is 0. The number of likely N-dealkylation sites (tertiary alicyclic amines) is 1. The quantitative estimate of drug-likeness (QED) is 0.808. The van der Waals surface area contributed by atoms with Gasteiger partial charge in [0.2, 0.25) is 11.8 Å². The molecule has 2 aromatic heterocycles. The Kier molecular flexibility index (Phi) is 4.28. The molecule has 7 heteroatoms. The van der Waals surface area contributed by atoms with Crippen LogP contribution in [0.4, 0.5) is 0 Å².